The lowest BCUT2D eigenvalue weighted by atomic mass is 9.89. The van der Waals surface area contributed by atoms with Crippen LogP contribution in [0.5, 0.6) is 0 Å². The van der Waals surface area contributed by atoms with E-state index in [1.165, 1.54) is 16.7 Å². The summed E-state index contributed by atoms with van der Waals surface area (Å²) >= 11 is 0. The molecule has 0 spiro atoms. The van der Waals surface area contributed by atoms with Crippen molar-refractivity contribution in [3.05, 3.63) is 71.3 Å². The van der Waals surface area contributed by atoms with Gasteiger partial charge in [0.05, 0.1) is 12.0 Å². The Morgan fingerprint density at radius 2 is 1.79 bits per heavy atom. The van der Waals surface area contributed by atoms with Gasteiger partial charge in [-0.3, -0.25) is 4.90 Å². The van der Waals surface area contributed by atoms with E-state index >= 15 is 0 Å². The second kappa shape index (κ2) is 7.64. The average Bonchev–Trinajstić information content (AvgIpc) is 2.97. The van der Waals surface area contributed by atoms with Crippen molar-refractivity contribution in [3.8, 4) is 6.07 Å². The van der Waals surface area contributed by atoms with Gasteiger partial charge in [0.25, 0.3) is 0 Å². The Balaban J connectivity index is 1.67. The maximum absolute atomic E-state index is 9.56. The van der Waals surface area contributed by atoms with Crippen molar-refractivity contribution in [1.29, 1.82) is 5.26 Å². The SMILES string of the molecule is CC(C)c1cccc(CC2CN(Cc3ccccc3)CC2C#N)c1. The summed E-state index contributed by atoms with van der Waals surface area (Å²) in [6.07, 6.45) is 1.00. The average molecular weight is 318 g/mol. The summed E-state index contributed by atoms with van der Waals surface area (Å²) in [4.78, 5) is 2.43. The summed E-state index contributed by atoms with van der Waals surface area (Å²) in [5.41, 5.74) is 4.09. The molecule has 2 atom stereocenters. The number of hydrogen-bond donors (Lipinski definition) is 0. The smallest absolute Gasteiger partial charge is 0.0672 e. The monoisotopic (exact) mass is 318 g/mol. The van der Waals surface area contributed by atoms with E-state index in [0.29, 0.717) is 11.8 Å². The maximum atomic E-state index is 9.56. The largest absolute Gasteiger partial charge is 0.297 e. The topological polar surface area (TPSA) is 27.0 Å². The lowest BCUT2D eigenvalue weighted by Crippen LogP contribution is -2.20. The summed E-state index contributed by atoms with van der Waals surface area (Å²) in [7, 11) is 0. The van der Waals surface area contributed by atoms with Crippen LogP contribution in [0, 0.1) is 23.2 Å². The first-order valence-electron chi connectivity index (χ1n) is 8.90. The molecule has 2 aromatic carbocycles. The van der Waals surface area contributed by atoms with E-state index in [1.807, 2.05) is 0 Å². The maximum Gasteiger partial charge on any atom is 0.0672 e. The van der Waals surface area contributed by atoms with Gasteiger partial charge in [-0.05, 0) is 34.9 Å². The molecule has 1 aliphatic rings. The van der Waals surface area contributed by atoms with Crippen molar-refractivity contribution >= 4 is 0 Å². The van der Waals surface area contributed by atoms with Crippen LogP contribution < -0.4 is 0 Å². The molecule has 124 valence electrons. The molecule has 1 aliphatic heterocycles. The van der Waals surface area contributed by atoms with Crippen LogP contribution in [0.1, 0.15) is 36.5 Å². The van der Waals surface area contributed by atoms with Crippen molar-refractivity contribution in [1.82, 2.24) is 4.90 Å². The molecule has 3 rings (SSSR count). The molecule has 0 N–H and O–H groups in total. The van der Waals surface area contributed by atoms with Crippen molar-refractivity contribution in [3.63, 3.8) is 0 Å². The number of rotatable bonds is 5. The summed E-state index contributed by atoms with van der Waals surface area (Å²) in [5.74, 6) is 1.12. The van der Waals surface area contributed by atoms with Gasteiger partial charge < -0.3 is 0 Å². The minimum atomic E-state index is 0.136. The highest BCUT2D eigenvalue weighted by molar-refractivity contribution is 5.26. The minimum absolute atomic E-state index is 0.136. The van der Waals surface area contributed by atoms with Crippen LogP contribution in [0.4, 0.5) is 0 Å². The van der Waals surface area contributed by atoms with Gasteiger partial charge in [0, 0.05) is 19.6 Å². The van der Waals surface area contributed by atoms with E-state index < -0.39 is 0 Å². The third-order valence-electron chi connectivity index (χ3n) is 5.05. The fraction of sp³-hybridized carbons (Fsp3) is 0.409. The highest BCUT2D eigenvalue weighted by atomic mass is 15.1. The molecule has 2 heteroatoms. The van der Waals surface area contributed by atoms with Crippen LogP contribution in [-0.2, 0) is 13.0 Å². The highest BCUT2D eigenvalue weighted by Gasteiger charge is 2.32. The van der Waals surface area contributed by atoms with E-state index in [9.17, 15) is 5.26 Å². The van der Waals surface area contributed by atoms with Gasteiger partial charge in [0.15, 0.2) is 0 Å². The number of benzene rings is 2. The van der Waals surface area contributed by atoms with Crippen LogP contribution >= 0.6 is 0 Å². The Hall–Kier alpha value is -2.11. The van der Waals surface area contributed by atoms with Crippen LogP contribution in [0.3, 0.4) is 0 Å². The molecule has 0 aromatic heterocycles. The Kier molecular flexibility index (Phi) is 5.33. The molecule has 2 nitrogen and oxygen atoms in total. The fourth-order valence-electron chi connectivity index (χ4n) is 3.67. The molecular weight excluding hydrogens is 292 g/mol. The zero-order chi connectivity index (χ0) is 16.9. The van der Waals surface area contributed by atoms with Crippen molar-refractivity contribution in [2.45, 2.75) is 32.7 Å². The molecule has 1 heterocycles. The first-order chi connectivity index (χ1) is 11.7. The number of nitriles is 1. The Labute approximate surface area is 145 Å². The van der Waals surface area contributed by atoms with Crippen molar-refractivity contribution < 1.29 is 0 Å². The zero-order valence-corrected chi connectivity index (χ0v) is 14.7. The van der Waals surface area contributed by atoms with Gasteiger partial charge in [0.2, 0.25) is 0 Å². The molecular formula is C22H26N2. The van der Waals surface area contributed by atoms with E-state index in [1.54, 1.807) is 0 Å². The molecule has 0 saturated carbocycles. The summed E-state index contributed by atoms with van der Waals surface area (Å²) in [5, 5.41) is 9.56. The second-order valence-electron chi connectivity index (χ2n) is 7.28. The normalized spacial score (nSPS) is 21.1. The van der Waals surface area contributed by atoms with E-state index in [2.05, 4.69) is 79.4 Å². The second-order valence-corrected chi connectivity index (χ2v) is 7.28. The number of hydrogen-bond acceptors (Lipinski definition) is 2. The fourth-order valence-corrected chi connectivity index (χ4v) is 3.67. The van der Waals surface area contributed by atoms with Crippen molar-refractivity contribution in [2.24, 2.45) is 11.8 Å². The summed E-state index contributed by atoms with van der Waals surface area (Å²) < 4.78 is 0. The quantitative estimate of drug-likeness (QED) is 0.804. The van der Waals surface area contributed by atoms with Crippen molar-refractivity contribution in [2.75, 3.05) is 13.1 Å². The van der Waals surface area contributed by atoms with Gasteiger partial charge in [0.1, 0.15) is 0 Å². The van der Waals surface area contributed by atoms with Gasteiger partial charge in [-0.2, -0.15) is 5.26 Å². The molecule has 0 aliphatic carbocycles. The molecule has 2 aromatic rings. The van der Waals surface area contributed by atoms with Gasteiger partial charge in [-0.1, -0.05) is 68.4 Å². The number of likely N-dealkylation sites (tertiary alicyclic amines) is 1. The third kappa shape index (κ3) is 4.04. The predicted molar refractivity (Wildman–Crippen MR) is 98.5 cm³/mol. The first-order valence-corrected chi connectivity index (χ1v) is 8.90. The van der Waals surface area contributed by atoms with Crippen LogP contribution in [0.15, 0.2) is 54.6 Å². The molecule has 2 unspecified atom stereocenters. The predicted octanol–water partition coefficient (Wildman–Crippen LogP) is 4.62. The molecule has 0 amide bonds. The van der Waals surface area contributed by atoms with Crippen LogP contribution in [0.25, 0.3) is 0 Å². The first kappa shape index (κ1) is 16.7. The van der Waals surface area contributed by atoms with Gasteiger partial charge in [-0.15, -0.1) is 0 Å². The summed E-state index contributed by atoms with van der Waals surface area (Å²) in [6, 6.07) is 22.0. The van der Waals surface area contributed by atoms with Gasteiger partial charge in [-0.25, -0.2) is 0 Å². The third-order valence-corrected chi connectivity index (χ3v) is 5.05. The van der Waals surface area contributed by atoms with Gasteiger partial charge >= 0.3 is 0 Å². The van der Waals surface area contributed by atoms with Crippen LogP contribution in [0.2, 0.25) is 0 Å². The van der Waals surface area contributed by atoms with E-state index in [4.69, 9.17) is 0 Å². The lowest BCUT2D eigenvalue weighted by molar-refractivity contribution is 0.315. The molecule has 0 radical (unpaired) electrons. The summed E-state index contributed by atoms with van der Waals surface area (Å²) in [6.45, 7) is 7.31. The highest BCUT2D eigenvalue weighted by Crippen LogP contribution is 2.28. The molecule has 0 bridgehead atoms. The standard InChI is InChI=1S/C22H26N2/c1-17(2)20-10-6-9-19(11-20)12-21-15-24(16-22(21)13-23)14-18-7-4-3-5-8-18/h3-11,17,21-22H,12,14-16H2,1-2H3. The van der Waals surface area contributed by atoms with E-state index in [0.717, 1.165) is 26.1 Å². The minimum Gasteiger partial charge on any atom is -0.297 e. The van der Waals surface area contributed by atoms with E-state index in [-0.39, 0.29) is 5.92 Å². The molecule has 24 heavy (non-hydrogen) atoms. The molecule has 1 fully saturated rings. The zero-order valence-electron chi connectivity index (χ0n) is 14.7. The number of nitrogens with zero attached hydrogens (tertiary/aromatic N) is 2. The van der Waals surface area contributed by atoms with Crippen LogP contribution in [-0.4, -0.2) is 18.0 Å². The Morgan fingerprint density at radius 1 is 1.04 bits per heavy atom. The lowest BCUT2D eigenvalue weighted by Gasteiger charge is -2.16. The Bertz CT molecular complexity index is 699. The molecule has 1 saturated heterocycles. The Morgan fingerprint density at radius 3 is 2.50 bits per heavy atom.